The normalized spacial score (nSPS) is 17.3. The van der Waals surface area contributed by atoms with E-state index in [9.17, 15) is 9.65 Å². The summed E-state index contributed by atoms with van der Waals surface area (Å²) in [4.78, 5) is 4.77. The zero-order valence-electron chi connectivity index (χ0n) is 14.4. The van der Waals surface area contributed by atoms with Gasteiger partial charge in [-0.15, -0.1) is 0 Å². The van der Waals surface area contributed by atoms with Crippen LogP contribution in [-0.4, -0.2) is 5.71 Å². The predicted octanol–water partition coefficient (Wildman–Crippen LogP) is 5.57. The Balaban J connectivity index is 1.83. The molecule has 0 bridgehead atoms. The highest BCUT2D eigenvalue weighted by Crippen LogP contribution is 2.50. The van der Waals surface area contributed by atoms with E-state index in [1.165, 1.54) is 18.6 Å². The van der Waals surface area contributed by atoms with E-state index in [1.807, 2.05) is 18.2 Å². The molecule has 1 spiro atoms. The Morgan fingerprint density at radius 2 is 1.81 bits per heavy atom. The molecule has 1 aliphatic carbocycles. The standard InChI is InChI=1S/C22H18FN3/c23-18-11-15(14-25)10-17(12-18)16-4-5-20-19(13-16)22(7-2-1-3-8-22)21(26-20)6-9-24/h4-5,10-13H,1-3,6-8H2. The van der Waals surface area contributed by atoms with Crippen molar-refractivity contribution in [3.05, 3.63) is 53.3 Å². The van der Waals surface area contributed by atoms with Crippen molar-refractivity contribution in [3.8, 4) is 23.3 Å². The average molecular weight is 343 g/mol. The molecule has 26 heavy (non-hydrogen) atoms. The van der Waals surface area contributed by atoms with Crippen molar-refractivity contribution in [3.63, 3.8) is 0 Å². The van der Waals surface area contributed by atoms with Crippen molar-refractivity contribution >= 4 is 11.4 Å². The van der Waals surface area contributed by atoms with E-state index in [0.717, 1.165) is 48.2 Å². The molecule has 2 aromatic carbocycles. The minimum absolute atomic E-state index is 0.148. The SMILES string of the molecule is N#CCC1=Nc2ccc(-c3cc(F)cc(C#N)c3)cc2C12CCCCC2. The predicted molar refractivity (Wildman–Crippen MR) is 98.6 cm³/mol. The van der Waals surface area contributed by atoms with Crippen LogP contribution in [0.15, 0.2) is 41.4 Å². The summed E-state index contributed by atoms with van der Waals surface area (Å²) in [7, 11) is 0. The Hall–Kier alpha value is -2.98. The molecule has 0 atom stereocenters. The van der Waals surface area contributed by atoms with Crippen LogP contribution >= 0.6 is 0 Å². The number of rotatable bonds is 2. The first kappa shape index (κ1) is 16.5. The summed E-state index contributed by atoms with van der Waals surface area (Å²) in [5.74, 6) is -0.409. The fraction of sp³-hybridized carbons (Fsp3) is 0.318. The number of hydrogen-bond donors (Lipinski definition) is 0. The summed E-state index contributed by atoms with van der Waals surface area (Å²) in [6, 6.07) is 14.7. The molecule has 128 valence electrons. The van der Waals surface area contributed by atoms with Gasteiger partial charge in [0.15, 0.2) is 0 Å². The molecule has 2 aliphatic rings. The van der Waals surface area contributed by atoms with Gasteiger partial charge in [-0.2, -0.15) is 10.5 Å². The van der Waals surface area contributed by atoms with Crippen LogP contribution in [0, 0.1) is 28.5 Å². The molecule has 2 aromatic rings. The second kappa shape index (κ2) is 6.39. The van der Waals surface area contributed by atoms with E-state index in [-0.39, 0.29) is 5.41 Å². The molecule has 1 heterocycles. The smallest absolute Gasteiger partial charge is 0.125 e. The molecular weight excluding hydrogens is 325 g/mol. The Morgan fingerprint density at radius 1 is 1.00 bits per heavy atom. The Bertz CT molecular complexity index is 985. The molecule has 1 saturated carbocycles. The van der Waals surface area contributed by atoms with Crippen molar-refractivity contribution in [1.29, 1.82) is 10.5 Å². The van der Waals surface area contributed by atoms with Gasteiger partial charge in [0, 0.05) is 11.1 Å². The van der Waals surface area contributed by atoms with Gasteiger partial charge < -0.3 is 0 Å². The van der Waals surface area contributed by atoms with Crippen LogP contribution in [0.2, 0.25) is 0 Å². The minimum atomic E-state index is -0.409. The summed E-state index contributed by atoms with van der Waals surface area (Å²) < 4.78 is 13.9. The van der Waals surface area contributed by atoms with Gasteiger partial charge in [-0.05, 0) is 59.9 Å². The van der Waals surface area contributed by atoms with Crippen LogP contribution < -0.4 is 0 Å². The lowest BCUT2D eigenvalue weighted by Crippen LogP contribution is -2.35. The molecule has 0 N–H and O–H groups in total. The molecular formula is C22H18FN3. The van der Waals surface area contributed by atoms with Gasteiger partial charge in [-0.3, -0.25) is 4.99 Å². The largest absolute Gasteiger partial charge is 0.255 e. The third kappa shape index (κ3) is 2.59. The van der Waals surface area contributed by atoms with E-state index in [1.54, 1.807) is 6.07 Å². The molecule has 0 aromatic heterocycles. The maximum absolute atomic E-state index is 13.9. The van der Waals surface area contributed by atoms with E-state index < -0.39 is 5.82 Å². The molecule has 1 aliphatic heterocycles. The van der Waals surface area contributed by atoms with E-state index in [0.29, 0.717) is 17.5 Å². The highest BCUT2D eigenvalue weighted by Gasteiger charge is 2.43. The summed E-state index contributed by atoms with van der Waals surface area (Å²) >= 11 is 0. The van der Waals surface area contributed by atoms with Gasteiger partial charge in [0.2, 0.25) is 0 Å². The molecule has 0 amide bonds. The van der Waals surface area contributed by atoms with Gasteiger partial charge >= 0.3 is 0 Å². The van der Waals surface area contributed by atoms with Crippen LogP contribution in [0.5, 0.6) is 0 Å². The number of nitrogens with zero attached hydrogens (tertiary/aromatic N) is 3. The molecule has 0 unspecified atom stereocenters. The molecule has 1 fully saturated rings. The fourth-order valence-electron chi connectivity index (χ4n) is 4.42. The summed E-state index contributed by atoms with van der Waals surface area (Å²) in [6.45, 7) is 0. The van der Waals surface area contributed by atoms with Crippen LogP contribution in [-0.2, 0) is 5.41 Å². The summed E-state index contributed by atoms with van der Waals surface area (Å²) in [5.41, 5.74) is 4.81. The number of benzene rings is 2. The van der Waals surface area contributed by atoms with E-state index >= 15 is 0 Å². The van der Waals surface area contributed by atoms with Crippen molar-refractivity contribution in [2.75, 3.05) is 0 Å². The number of fused-ring (bicyclic) bond motifs is 2. The monoisotopic (exact) mass is 343 g/mol. The summed E-state index contributed by atoms with van der Waals surface area (Å²) in [5, 5.41) is 18.4. The first-order valence-electron chi connectivity index (χ1n) is 8.97. The third-order valence-corrected chi connectivity index (χ3v) is 5.63. The third-order valence-electron chi connectivity index (χ3n) is 5.63. The average Bonchev–Trinajstić information content (AvgIpc) is 2.94. The van der Waals surface area contributed by atoms with Gasteiger partial charge in [-0.1, -0.05) is 25.3 Å². The Morgan fingerprint density at radius 3 is 2.54 bits per heavy atom. The van der Waals surface area contributed by atoms with Crippen molar-refractivity contribution in [2.24, 2.45) is 4.99 Å². The molecule has 0 saturated heterocycles. The van der Waals surface area contributed by atoms with Gasteiger partial charge in [-0.25, -0.2) is 4.39 Å². The quantitative estimate of drug-likeness (QED) is 0.716. The van der Waals surface area contributed by atoms with Crippen molar-refractivity contribution in [2.45, 2.75) is 43.9 Å². The maximum atomic E-state index is 13.9. The number of halogens is 1. The van der Waals surface area contributed by atoms with Crippen LogP contribution in [0.1, 0.15) is 49.7 Å². The lowest BCUT2D eigenvalue weighted by Gasteiger charge is -2.35. The second-order valence-corrected chi connectivity index (χ2v) is 7.11. The zero-order chi connectivity index (χ0) is 18.1. The van der Waals surface area contributed by atoms with Gasteiger partial charge in [0.1, 0.15) is 5.82 Å². The highest BCUT2D eigenvalue weighted by molar-refractivity contribution is 6.03. The van der Waals surface area contributed by atoms with Crippen molar-refractivity contribution in [1.82, 2.24) is 0 Å². The first-order chi connectivity index (χ1) is 12.7. The van der Waals surface area contributed by atoms with Gasteiger partial charge in [0.25, 0.3) is 0 Å². The topological polar surface area (TPSA) is 59.9 Å². The maximum Gasteiger partial charge on any atom is 0.125 e. The van der Waals surface area contributed by atoms with Crippen LogP contribution in [0.25, 0.3) is 11.1 Å². The number of hydrogen-bond acceptors (Lipinski definition) is 3. The zero-order valence-corrected chi connectivity index (χ0v) is 14.4. The molecule has 4 rings (SSSR count). The molecule has 4 heteroatoms. The lowest BCUT2D eigenvalue weighted by atomic mass is 9.66. The number of nitriles is 2. The van der Waals surface area contributed by atoms with E-state index in [2.05, 4.69) is 12.1 Å². The highest BCUT2D eigenvalue weighted by atomic mass is 19.1. The van der Waals surface area contributed by atoms with Crippen LogP contribution in [0.4, 0.5) is 10.1 Å². The van der Waals surface area contributed by atoms with Crippen molar-refractivity contribution < 1.29 is 4.39 Å². The molecule has 3 nitrogen and oxygen atoms in total. The number of aliphatic imine (C=N–C) groups is 1. The molecule has 0 radical (unpaired) electrons. The van der Waals surface area contributed by atoms with Gasteiger partial charge in [0.05, 0.1) is 29.8 Å². The van der Waals surface area contributed by atoms with E-state index in [4.69, 9.17) is 10.3 Å². The lowest BCUT2D eigenvalue weighted by molar-refractivity contribution is 0.383. The second-order valence-electron chi connectivity index (χ2n) is 7.11. The summed E-state index contributed by atoms with van der Waals surface area (Å²) in [6.07, 6.45) is 5.85. The Kier molecular flexibility index (Phi) is 4.05. The Labute approximate surface area is 152 Å². The first-order valence-corrected chi connectivity index (χ1v) is 8.97. The minimum Gasteiger partial charge on any atom is -0.255 e. The van der Waals surface area contributed by atoms with Crippen LogP contribution in [0.3, 0.4) is 0 Å². The fourth-order valence-corrected chi connectivity index (χ4v) is 4.42.